The molecule has 0 radical (unpaired) electrons. The second-order valence-corrected chi connectivity index (χ2v) is 7.81. The maximum atomic E-state index is 13.0. The van der Waals surface area contributed by atoms with Crippen molar-refractivity contribution in [3.63, 3.8) is 0 Å². The fourth-order valence-electron chi connectivity index (χ4n) is 3.75. The molecule has 1 amide bonds. The Balaban J connectivity index is 1.51. The lowest BCUT2D eigenvalue weighted by Crippen LogP contribution is -2.21. The van der Waals surface area contributed by atoms with Gasteiger partial charge < -0.3 is 10.3 Å². The average Bonchev–Trinajstić information content (AvgIpc) is 3.07. The first kappa shape index (κ1) is 19.8. The molecule has 0 aliphatic carbocycles. The number of H-pyrrole nitrogens is 1. The van der Waals surface area contributed by atoms with Crippen LogP contribution >= 0.6 is 12.2 Å². The van der Waals surface area contributed by atoms with Gasteiger partial charge in [0.1, 0.15) is 0 Å². The highest BCUT2D eigenvalue weighted by Crippen LogP contribution is 2.20. The van der Waals surface area contributed by atoms with Gasteiger partial charge in [-0.2, -0.15) is 5.10 Å². The minimum atomic E-state index is -0.318. The number of rotatable bonds is 3. The third-order valence-corrected chi connectivity index (χ3v) is 5.58. The normalized spacial score (nSPS) is 11.2. The van der Waals surface area contributed by atoms with Crippen LogP contribution in [0.25, 0.3) is 27.6 Å². The van der Waals surface area contributed by atoms with Gasteiger partial charge >= 0.3 is 0 Å². The fourth-order valence-corrected chi connectivity index (χ4v) is 4.05. The van der Waals surface area contributed by atoms with Crippen LogP contribution in [-0.4, -0.2) is 30.2 Å². The summed E-state index contributed by atoms with van der Waals surface area (Å²) >= 11 is 5.41. The minimum absolute atomic E-state index is 0.247. The van der Waals surface area contributed by atoms with Crippen LogP contribution in [0.4, 0.5) is 5.69 Å². The lowest BCUT2D eigenvalue weighted by atomic mass is 10.1. The van der Waals surface area contributed by atoms with Gasteiger partial charge in [-0.1, -0.05) is 18.2 Å². The average molecular weight is 443 g/mol. The molecule has 0 bridgehead atoms. The third-order valence-electron chi connectivity index (χ3n) is 5.30. The Morgan fingerprint density at radius 1 is 1.09 bits per heavy atom. The van der Waals surface area contributed by atoms with Crippen LogP contribution in [0.2, 0.25) is 0 Å². The summed E-state index contributed by atoms with van der Waals surface area (Å²) in [5, 5.41) is 8.51. The van der Waals surface area contributed by atoms with Crippen LogP contribution in [0.5, 0.6) is 0 Å². The van der Waals surface area contributed by atoms with Crippen LogP contribution in [0.15, 0.2) is 65.6 Å². The molecule has 9 heteroatoms. The molecule has 0 saturated heterocycles. The van der Waals surface area contributed by atoms with E-state index < -0.39 is 0 Å². The zero-order chi connectivity index (χ0) is 22.4. The van der Waals surface area contributed by atoms with Crippen molar-refractivity contribution in [1.29, 1.82) is 0 Å². The maximum Gasteiger partial charge on any atom is 0.266 e. The van der Waals surface area contributed by atoms with Gasteiger partial charge in [0.15, 0.2) is 10.4 Å². The first-order chi connectivity index (χ1) is 15.4. The van der Waals surface area contributed by atoms with E-state index >= 15 is 0 Å². The number of carbonyl (C=O) groups is 1. The highest BCUT2D eigenvalue weighted by Gasteiger charge is 2.13. The van der Waals surface area contributed by atoms with Crippen LogP contribution < -0.4 is 10.9 Å². The second kappa shape index (κ2) is 7.54. The Bertz CT molecular complexity index is 1630. The van der Waals surface area contributed by atoms with Crippen molar-refractivity contribution in [2.75, 3.05) is 5.32 Å². The molecule has 0 atom stereocenters. The van der Waals surface area contributed by atoms with E-state index in [0.29, 0.717) is 27.8 Å². The van der Waals surface area contributed by atoms with E-state index in [4.69, 9.17) is 12.2 Å². The number of hydrogen-bond donors (Lipinski definition) is 2. The first-order valence-electron chi connectivity index (χ1n) is 9.87. The molecule has 158 valence electrons. The van der Waals surface area contributed by atoms with E-state index in [1.54, 1.807) is 29.1 Å². The van der Waals surface area contributed by atoms with Crippen molar-refractivity contribution in [3.05, 3.63) is 87.2 Å². The summed E-state index contributed by atoms with van der Waals surface area (Å²) in [4.78, 5) is 33.3. The van der Waals surface area contributed by atoms with E-state index in [9.17, 15) is 9.59 Å². The first-order valence-corrected chi connectivity index (χ1v) is 10.3. The quantitative estimate of drug-likeness (QED) is 0.413. The molecule has 3 aromatic heterocycles. The van der Waals surface area contributed by atoms with Gasteiger partial charge in [0.2, 0.25) is 0 Å². The van der Waals surface area contributed by atoms with Crippen molar-refractivity contribution in [2.24, 2.45) is 7.05 Å². The molecule has 0 saturated carbocycles. The SMILES string of the molecule is Cc1nn(C)c2ncc(NC(=O)c3ccc4c(=O)n(-c5ccccc5)c(=S)[nH]c4c3)cc12. The number of hydrogen-bond acceptors (Lipinski definition) is 5. The summed E-state index contributed by atoms with van der Waals surface area (Å²) in [6.45, 7) is 1.89. The van der Waals surface area contributed by atoms with Crippen molar-refractivity contribution in [3.8, 4) is 5.69 Å². The minimum Gasteiger partial charge on any atom is -0.331 e. The summed E-state index contributed by atoms with van der Waals surface area (Å²) in [5.74, 6) is -0.318. The Hall–Kier alpha value is -4.11. The second-order valence-electron chi connectivity index (χ2n) is 7.42. The van der Waals surface area contributed by atoms with Gasteiger partial charge in [0, 0.05) is 18.0 Å². The van der Waals surface area contributed by atoms with E-state index in [-0.39, 0.29) is 16.2 Å². The van der Waals surface area contributed by atoms with Crippen LogP contribution in [0.3, 0.4) is 0 Å². The van der Waals surface area contributed by atoms with E-state index in [1.807, 2.05) is 50.4 Å². The Morgan fingerprint density at radius 2 is 1.88 bits per heavy atom. The number of fused-ring (bicyclic) bond motifs is 2. The molecule has 0 fully saturated rings. The Kier molecular flexibility index (Phi) is 4.67. The summed E-state index contributed by atoms with van der Waals surface area (Å²) in [5.41, 5.74) is 3.46. The van der Waals surface area contributed by atoms with Crippen molar-refractivity contribution >= 4 is 45.7 Å². The molecule has 0 unspecified atom stereocenters. The van der Waals surface area contributed by atoms with Gasteiger partial charge in [0.25, 0.3) is 11.5 Å². The molecule has 5 rings (SSSR count). The topological polar surface area (TPSA) is 97.6 Å². The van der Waals surface area contributed by atoms with E-state index in [0.717, 1.165) is 16.7 Å². The number of nitrogens with one attached hydrogen (secondary N) is 2. The number of benzene rings is 2. The number of anilines is 1. The predicted octanol–water partition coefficient (Wildman–Crippen LogP) is 3.89. The fraction of sp³-hybridized carbons (Fsp3) is 0.0870. The maximum absolute atomic E-state index is 13.0. The smallest absolute Gasteiger partial charge is 0.266 e. The molecule has 0 aliphatic heterocycles. The zero-order valence-electron chi connectivity index (χ0n) is 17.3. The third kappa shape index (κ3) is 3.28. The Morgan fingerprint density at radius 3 is 2.66 bits per heavy atom. The van der Waals surface area contributed by atoms with Crippen molar-refractivity contribution in [1.82, 2.24) is 24.3 Å². The van der Waals surface area contributed by atoms with Crippen LogP contribution in [-0.2, 0) is 7.05 Å². The summed E-state index contributed by atoms with van der Waals surface area (Å²) in [6.07, 6.45) is 1.59. The number of para-hydroxylation sites is 1. The summed E-state index contributed by atoms with van der Waals surface area (Å²) in [6, 6.07) is 15.9. The molecule has 3 heterocycles. The molecule has 2 aromatic carbocycles. The van der Waals surface area contributed by atoms with Gasteiger partial charge in [0.05, 0.1) is 34.2 Å². The summed E-state index contributed by atoms with van der Waals surface area (Å²) < 4.78 is 3.39. The molecular formula is C23H18N6O2S. The van der Waals surface area contributed by atoms with Crippen LogP contribution in [0.1, 0.15) is 16.1 Å². The number of aromatic amines is 1. The molecule has 8 nitrogen and oxygen atoms in total. The lowest BCUT2D eigenvalue weighted by Gasteiger charge is -2.10. The predicted molar refractivity (Wildman–Crippen MR) is 126 cm³/mol. The van der Waals surface area contributed by atoms with Crippen molar-refractivity contribution in [2.45, 2.75) is 6.92 Å². The zero-order valence-corrected chi connectivity index (χ0v) is 18.1. The largest absolute Gasteiger partial charge is 0.331 e. The Labute approximate surface area is 187 Å². The van der Waals surface area contributed by atoms with Gasteiger partial charge in [-0.25, -0.2) is 4.98 Å². The molecular weight excluding hydrogens is 424 g/mol. The number of amides is 1. The van der Waals surface area contributed by atoms with Gasteiger partial charge in [-0.3, -0.25) is 18.8 Å². The highest BCUT2D eigenvalue weighted by atomic mass is 32.1. The van der Waals surface area contributed by atoms with Gasteiger partial charge in [-0.15, -0.1) is 0 Å². The number of aryl methyl sites for hydroxylation is 2. The van der Waals surface area contributed by atoms with Crippen molar-refractivity contribution < 1.29 is 4.79 Å². The molecule has 0 spiro atoms. The number of nitrogens with zero attached hydrogens (tertiary/aromatic N) is 4. The van der Waals surface area contributed by atoms with Gasteiger partial charge in [-0.05, 0) is 55.5 Å². The molecule has 0 aliphatic rings. The standard InChI is InChI=1S/C23H18N6O2S/c1-13-18-11-15(12-24-20(18)28(2)27-13)25-21(30)14-8-9-17-19(10-14)26-23(32)29(22(17)31)16-6-4-3-5-7-16/h3-12H,1-2H3,(H,25,30)(H,26,32). The monoisotopic (exact) mass is 442 g/mol. The lowest BCUT2D eigenvalue weighted by molar-refractivity contribution is 0.102. The number of carbonyl (C=O) groups excluding carboxylic acids is 1. The molecule has 5 aromatic rings. The van der Waals surface area contributed by atoms with E-state index in [2.05, 4.69) is 20.4 Å². The number of aromatic nitrogens is 5. The molecule has 2 N–H and O–H groups in total. The van der Waals surface area contributed by atoms with Crippen LogP contribution in [0, 0.1) is 11.7 Å². The number of pyridine rings is 1. The summed E-state index contributed by atoms with van der Waals surface area (Å²) in [7, 11) is 1.82. The highest BCUT2D eigenvalue weighted by molar-refractivity contribution is 7.71. The van der Waals surface area contributed by atoms with E-state index in [1.165, 1.54) is 4.57 Å². The molecule has 32 heavy (non-hydrogen) atoms.